The number of hydrogen-bond donors (Lipinski definition) is 0. The van der Waals surface area contributed by atoms with E-state index in [1.54, 1.807) is 4.90 Å². The first-order valence-electron chi connectivity index (χ1n) is 9.00. The first-order chi connectivity index (χ1) is 12.3. The zero-order valence-corrected chi connectivity index (χ0v) is 15.6. The van der Waals surface area contributed by atoms with Crippen LogP contribution in [0.25, 0.3) is 0 Å². The Morgan fingerprint density at radius 3 is 2.88 bits per heavy atom. The number of nitro groups is 1. The molecule has 8 heteroatoms. The SMILES string of the molecule is CC(C)(C)OC(=O)N1CCCCC1CCCOc1ncccc1[N+](=O)[O-]. The lowest BCUT2D eigenvalue weighted by atomic mass is 9.98. The van der Waals surface area contributed by atoms with Gasteiger partial charge in [-0.05, 0) is 58.9 Å². The van der Waals surface area contributed by atoms with E-state index < -0.39 is 10.5 Å². The minimum Gasteiger partial charge on any atom is -0.473 e. The maximum atomic E-state index is 12.4. The van der Waals surface area contributed by atoms with E-state index in [1.807, 2.05) is 20.8 Å². The highest BCUT2D eigenvalue weighted by Gasteiger charge is 2.30. The van der Waals surface area contributed by atoms with E-state index in [-0.39, 0.29) is 23.7 Å². The highest BCUT2D eigenvalue weighted by atomic mass is 16.6. The molecule has 0 radical (unpaired) electrons. The van der Waals surface area contributed by atoms with Crippen LogP contribution in [0, 0.1) is 10.1 Å². The predicted molar refractivity (Wildman–Crippen MR) is 96.2 cm³/mol. The molecule has 0 bridgehead atoms. The van der Waals surface area contributed by atoms with E-state index >= 15 is 0 Å². The van der Waals surface area contributed by atoms with Gasteiger partial charge in [0, 0.05) is 24.8 Å². The number of rotatable bonds is 6. The minimum absolute atomic E-state index is 0.0325. The highest BCUT2D eigenvalue weighted by molar-refractivity contribution is 5.68. The van der Waals surface area contributed by atoms with Crippen LogP contribution in [0.15, 0.2) is 18.3 Å². The van der Waals surface area contributed by atoms with Gasteiger partial charge in [-0.15, -0.1) is 0 Å². The van der Waals surface area contributed by atoms with Gasteiger partial charge < -0.3 is 14.4 Å². The fraction of sp³-hybridized carbons (Fsp3) is 0.667. The van der Waals surface area contributed by atoms with Crippen LogP contribution in [-0.2, 0) is 4.74 Å². The van der Waals surface area contributed by atoms with Crippen molar-refractivity contribution in [1.29, 1.82) is 0 Å². The number of likely N-dealkylation sites (tertiary alicyclic amines) is 1. The largest absolute Gasteiger partial charge is 0.473 e. The molecule has 1 atom stereocenters. The molecule has 26 heavy (non-hydrogen) atoms. The summed E-state index contributed by atoms with van der Waals surface area (Å²) < 4.78 is 11.0. The molecule has 1 fully saturated rings. The summed E-state index contributed by atoms with van der Waals surface area (Å²) in [5.74, 6) is 0.0325. The Morgan fingerprint density at radius 2 is 2.19 bits per heavy atom. The molecular formula is C18H27N3O5. The van der Waals surface area contributed by atoms with E-state index in [0.29, 0.717) is 19.6 Å². The molecule has 0 spiro atoms. The molecule has 1 unspecified atom stereocenters. The summed E-state index contributed by atoms with van der Waals surface area (Å²) in [6.07, 6.45) is 5.63. The molecule has 144 valence electrons. The van der Waals surface area contributed by atoms with Crippen LogP contribution in [0.2, 0.25) is 0 Å². The van der Waals surface area contributed by atoms with Crippen molar-refractivity contribution < 1.29 is 19.2 Å². The third-order valence-corrected chi connectivity index (χ3v) is 4.12. The normalized spacial score (nSPS) is 17.7. The summed E-state index contributed by atoms with van der Waals surface area (Å²) in [5, 5.41) is 11.0. The molecule has 0 aliphatic carbocycles. The van der Waals surface area contributed by atoms with Crippen LogP contribution in [0.3, 0.4) is 0 Å². The van der Waals surface area contributed by atoms with Gasteiger partial charge >= 0.3 is 11.8 Å². The van der Waals surface area contributed by atoms with Crippen LogP contribution in [0.5, 0.6) is 5.88 Å². The van der Waals surface area contributed by atoms with Crippen LogP contribution in [-0.4, -0.2) is 45.7 Å². The smallest absolute Gasteiger partial charge is 0.410 e. The van der Waals surface area contributed by atoms with Crippen LogP contribution < -0.4 is 4.74 Å². The first-order valence-corrected chi connectivity index (χ1v) is 9.00. The topological polar surface area (TPSA) is 94.8 Å². The van der Waals surface area contributed by atoms with E-state index in [4.69, 9.17) is 9.47 Å². The number of amides is 1. The van der Waals surface area contributed by atoms with Crippen LogP contribution in [0.4, 0.5) is 10.5 Å². The Hall–Kier alpha value is -2.38. The van der Waals surface area contributed by atoms with Crippen molar-refractivity contribution >= 4 is 11.8 Å². The number of carbonyl (C=O) groups excluding carboxylic acids is 1. The quantitative estimate of drug-likeness (QED) is 0.430. The van der Waals surface area contributed by atoms with Gasteiger partial charge in [0.05, 0.1) is 11.5 Å². The lowest BCUT2D eigenvalue weighted by Crippen LogP contribution is -2.46. The van der Waals surface area contributed by atoms with Crippen molar-refractivity contribution in [3.63, 3.8) is 0 Å². The average molecular weight is 365 g/mol. The lowest BCUT2D eigenvalue weighted by molar-refractivity contribution is -0.386. The number of nitrogens with zero attached hydrogens (tertiary/aromatic N) is 3. The van der Waals surface area contributed by atoms with Crippen molar-refractivity contribution in [2.75, 3.05) is 13.2 Å². The minimum atomic E-state index is -0.514. The van der Waals surface area contributed by atoms with Gasteiger partial charge in [-0.2, -0.15) is 0 Å². The second kappa shape index (κ2) is 8.82. The molecular weight excluding hydrogens is 338 g/mol. The Labute approximate surface area is 153 Å². The third kappa shape index (κ3) is 5.86. The number of aromatic nitrogens is 1. The number of hydrogen-bond acceptors (Lipinski definition) is 6. The van der Waals surface area contributed by atoms with Gasteiger partial charge in [0.2, 0.25) is 0 Å². The summed E-state index contributed by atoms with van der Waals surface area (Å²) in [6.45, 7) is 6.59. The van der Waals surface area contributed by atoms with Gasteiger partial charge in [0.15, 0.2) is 0 Å². The summed E-state index contributed by atoms with van der Waals surface area (Å²) in [7, 11) is 0. The number of carbonyl (C=O) groups is 1. The van der Waals surface area contributed by atoms with E-state index in [2.05, 4.69) is 4.98 Å². The standard InChI is InChI=1S/C18H27N3O5/c1-18(2,3)26-17(22)20-12-5-4-8-14(20)9-7-13-25-16-15(21(23)24)10-6-11-19-16/h6,10-11,14H,4-5,7-9,12-13H2,1-3H3. The Balaban J connectivity index is 1.85. The predicted octanol–water partition coefficient (Wildman–Crippen LogP) is 3.94. The molecule has 1 aliphatic rings. The van der Waals surface area contributed by atoms with Gasteiger partial charge in [-0.3, -0.25) is 10.1 Å². The molecule has 8 nitrogen and oxygen atoms in total. The molecule has 0 saturated carbocycles. The van der Waals surface area contributed by atoms with Crippen LogP contribution >= 0.6 is 0 Å². The summed E-state index contributed by atoms with van der Waals surface area (Å²) in [6, 6.07) is 2.99. The van der Waals surface area contributed by atoms with Crippen molar-refractivity contribution in [2.24, 2.45) is 0 Å². The zero-order valence-electron chi connectivity index (χ0n) is 15.6. The number of pyridine rings is 1. The Morgan fingerprint density at radius 1 is 1.42 bits per heavy atom. The molecule has 2 rings (SSSR count). The van der Waals surface area contributed by atoms with Gasteiger partial charge in [0.25, 0.3) is 5.88 Å². The second-order valence-corrected chi connectivity index (χ2v) is 7.40. The molecule has 1 aromatic heterocycles. The molecule has 1 aromatic rings. The summed E-state index contributed by atoms with van der Waals surface area (Å²) in [4.78, 5) is 28.6. The average Bonchev–Trinajstić information content (AvgIpc) is 2.57. The van der Waals surface area contributed by atoms with Crippen molar-refractivity contribution in [1.82, 2.24) is 9.88 Å². The lowest BCUT2D eigenvalue weighted by Gasteiger charge is -2.36. The highest BCUT2D eigenvalue weighted by Crippen LogP contribution is 2.25. The van der Waals surface area contributed by atoms with Gasteiger partial charge in [-0.1, -0.05) is 0 Å². The summed E-state index contributed by atoms with van der Waals surface area (Å²) >= 11 is 0. The molecule has 1 aliphatic heterocycles. The Bertz CT molecular complexity index is 629. The summed E-state index contributed by atoms with van der Waals surface area (Å²) in [5.41, 5.74) is -0.652. The molecule has 1 saturated heterocycles. The fourth-order valence-electron chi connectivity index (χ4n) is 2.98. The molecule has 0 aromatic carbocycles. The molecule has 1 amide bonds. The maximum Gasteiger partial charge on any atom is 0.410 e. The van der Waals surface area contributed by atoms with E-state index in [9.17, 15) is 14.9 Å². The molecule has 2 heterocycles. The van der Waals surface area contributed by atoms with Crippen molar-refractivity contribution in [3.8, 4) is 5.88 Å². The van der Waals surface area contributed by atoms with Crippen LogP contribution in [0.1, 0.15) is 52.9 Å². The van der Waals surface area contributed by atoms with E-state index in [1.165, 1.54) is 18.3 Å². The zero-order chi connectivity index (χ0) is 19.2. The van der Waals surface area contributed by atoms with Gasteiger partial charge in [-0.25, -0.2) is 9.78 Å². The third-order valence-electron chi connectivity index (χ3n) is 4.12. The molecule has 0 N–H and O–H groups in total. The fourth-order valence-corrected chi connectivity index (χ4v) is 2.98. The number of ether oxygens (including phenoxy) is 2. The monoisotopic (exact) mass is 365 g/mol. The second-order valence-electron chi connectivity index (χ2n) is 7.40. The van der Waals surface area contributed by atoms with Gasteiger partial charge in [0.1, 0.15) is 5.60 Å². The van der Waals surface area contributed by atoms with E-state index in [0.717, 1.165) is 25.7 Å². The maximum absolute atomic E-state index is 12.4. The number of piperidine rings is 1. The Kier molecular flexibility index (Phi) is 6.76. The first kappa shape index (κ1) is 19.9. The van der Waals surface area contributed by atoms with Crippen molar-refractivity contribution in [3.05, 3.63) is 28.4 Å². The van der Waals surface area contributed by atoms with Crippen molar-refractivity contribution in [2.45, 2.75) is 64.5 Å².